The Morgan fingerprint density at radius 1 is 1.04 bits per heavy atom. The van der Waals surface area contributed by atoms with Crippen molar-refractivity contribution in [1.82, 2.24) is 5.32 Å². The van der Waals surface area contributed by atoms with Crippen LogP contribution in [0.15, 0.2) is 42.5 Å². The molecule has 1 aliphatic heterocycles. The Hall–Kier alpha value is -2.89. The van der Waals surface area contributed by atoms with Crippen LogP contribution >= 0.6 is 0 Å². The van der Waals surface area contributed by atoms with Crippen molar-refractivity contribution in [1.29, 1.82) is 0 Å². The van der Waals surface area contributed by atoms with Gasteiger partial charge in [0.05, 0.1) is 19.1 Å². The van der Waals surface area contributed by atoms with Gasteiger partial charge in [-0.15, -0.1) is 0 Å². The van der Waals surface area contributed by atoms with Gasteiger partial charge in [0.15, 0.2) is 11.5 Å². The minimum Gasteiger partial charge on any atom is -0.497 e. The molecule has 144 valence electrons. The third-order valence-electron chi connectivity index (χ3n) is 4.55. The smallest absolute Gasteiger partial charge is 0.230 e. The minimum absolute atomic E-state index is 0.0718. The molecule has 0 spiro atoms. The summed E-state index contributed by atoms with van der Waals surface area (Å²) >= 11 is 0. The van der Waals surface area contributed by atoms with Crippen LogP contribution in [0.25, 0.3) is 0 Å². The Kier molecular flexibility index (Phi) is 5.74. The molecule has 1 heterocycles. The van der Waals surface area contributed by atoms with E-state index < -0.39 is 5.41 Å². The van der Waals surface area contributed by atoms with Gasteiger partial charge in [0.2, 0.25) is 5.91 Å². The van der Waals surface area contributed by atoms with Crippen LogP contribution < -0.4 is 24.3 Å². The van der Waals surface area contributed by atoms with Crippen LogP contribution in [0.3, 0.4) is 0 Å². The Morgan fingerprint density at radius 3 is 2.41 bits per heavy atom. The molecule has 0 saturated carbocycles. The van der Waals surface area contributed by atoms with E-state index in [9.17, 15) is 4.79 Å². The van der Waals surface area contributed by atoms with E-state index in [1.165, 1.54) is 0 Å². The first kappa shape index (κ1) is 18.9. The zero-order valence-corrected chi connectivity index (χ0v) is 15.9. The van der Waals surface area contributed by atoms with Crippen LogP contribution in [-0.4, -0.2) is 39.4 Å². The van der Waals surface area contributed by atoms with Crippen molar-refractivity contribution in [2.75, 3.05) is 33.5 Å². The average Bonchev–Trinajstić information content (AvgIpc) is 2.71. The summed E-state index contributed by atoms with van der Waals surface area (Å²) in [4.78, 5) is 12.7. The van der Waals surface area contributed by atoms with Crippen molar-refractivity contribution >= 4 is 5.91 Å². The molecule has 6 nitrogen and oxygen atoms in total. The molecule has 6 heteroatoms. The molecule has 0 unspecified atom stereocenters. The Morgan fingerprint density at radius 2 is 1.70 bits per heavy atom. The first-order valence-corrected chi connectivity index (χ1v) is 8.96. The second-order valence-corrected chi connectivity index (χ2v) is 6.76. The van der Waals surface area contributed by atoms with Crippen molar-refractivity contribution in [2.24, 2.45) is 0 Å². The van der Waals surface area contributed by atoms with Gasteiger partial charge >= 0.3 is 0 Å². The lowest BCUT2D eigenvalue weighted by Crippen LogP contribution is -2.41. The van der Waals surface area contributed by atoms with Crippen LogP contribution in [0.4, 0.5) is 0 Å². The topological polar surface area (TPSA) is 66.0 Å². The van der Waals surface area contributed by atoms with Gasteiger partial charge in [0, 0.05) is 0 Å². The minimum atomic E-state index is -0.698. The molecule has 3 rings (SSSR count). The van der Waals surface area contributed by atoms with Crippen LogP contribution in [0, 0.1) is 0 Å². The number of carbonyl (C=O) groups is 1. The number of rotatable bonds is 7. The Bertz CT molecular complexity index is 786. The summed E-state index contributed by atoms with van der Waals surface area (Å²) in [6.07, 6.45) is 0. The van der Waals surface area contributed by atoms with E-state index in [0.717, 1.165) is 17.1 Å². The van der Waals surface area contributed by atoms with Crippen LogP contribution in [-0.2, 0) is 10.2 Å². The van der Waals surface area contributed by atoms with E-state index >= 15 is 0 Å². The average molecular weight is 371 g/mol. The Labute approximate surface area is 159 Å². The highest BCUT2D eigenvalue weighted by Crippen LogP contribution is 2.35. The molecular weight excluding hydrogens is 346 g/mol. The monoisotopic (exact) mass is 371 g/mol. The molecule has 0 atom stereocenters. The zero-order valence-electron chi connectivity index (χ0n) is 15.9. The summed E-state index contributed by atoms with van der Waals surface area (Å²) in [6, 6.07) is 13.0. The number of carbonyl (C=O) groups excluding carboxylic acids is 1. The molecule has 0 aliphatic carbocycles. The molecule has 0 saturated heterocycles. The van der Waals surface area contributed by atoms with E-state index in [1.807, 2.05) is 56.3 Å². The van der Waals surface area contributed by atoms with Gasteiger partial charge in [-0.1, -0.05) is 6.07 Å². The molecular formula is C21H25NO5. The van der Waals surface area contributed by atoms with Crippen LogP contribution in [0.2, 0.25) is 0 Å². The summed E-state index contributed by atoms with van der Waals surface area (Å²) < 4.78 is 21.9. The summed E-state index contributed by atoms with van der Waals surface area (Å²) in [7, 11) is 1.62. The molecule has 0 aromatic heterocycles. The maximum atomic E-state index is 12.7. The molecule has 1 N–H and O–H groups in total. The van der Waals surface area contributed by atoms with Crippen molar-refractivity contribution in [3.05, 3.63) is 48.0 Å². The lowest BCUT2D eigenvalue weighted by atomic mass is 9.83. The molecule has 2 aromatic carbocycles. The first-order valence-electron chi connectivity index (χ1n) is 8.96. The molecule has 0 fully saturated rings. The Balaban J connectivity index is 1.53. The highest BCUT2D eigenvalue weighted by molar-refractivity contribution is 5.87. The van der Waals surface area contributed by atoms with Gasteiger partial charge in [-0.25, -0.2) is 0 Å². The third kappa shape index (κ3) is 4.45. The van der Waals surface area contributed by atoms with Crippen molar-refractivity contribution in [3.8, 4) is 23.0 Å². The van der Waals surface area contributed by atoms with Gasteiger partial charge in [-0.3, -0.25) is 4.79 Å². The number of hydrogen-bond acceptors (Lipinski definition) is 5. The van der Waals surface area contributed by atoms with E-state index in [1.54, 1.807) is 7.11 Å². The first-order chi connectivity index (χ1) is 13.0. The summed E-state index contributed by atoms with van der Waals surface area (Å²) in [5, 5.41) is 2.93. The lowest BCUT2D eigenvalue weighted by molar-refractivity contribution is -0.125. The van der Waals surface area contributed by atoms with E-state index in [0.29, 0.717) is 37.9 Å². The second-order valence-electron chi connectivity index (χ2n) is 6.76. The number of nitrogens with one attached hydrogen (secondary N) is 1. The SMILES string of the molecule is COc1ccc(OCCNC(=O)C(C)(C)c2ccc3c(c2)OCCO3)cc1. The quantitative estimate of drug-likeness (QED) is 0.758. The van der Waals surface area contributed by atoms with Crippen molar-refractivity contribution in [3.63, 3.8) is 0 Å². The maximum absolute atomic E-state index is 12.7. The van der Waals surface area contributed by atoms with Gasteiger partial charge in [0.1, 0.15) is 31.3 Å². The number of benzene rings is 2. The number of hydrogen-bond donors (Lipinski definition) is 1. The normalized spacial score (nSPS) is 13.0. The summed E-state index contributed by atoms with van der Waals surface area (Å²) in [5.74, 6) is 2.84. The lowest BCUT2D eigenvalue weighted by Gasteiger charge is -2.26. The fourth-order valence-electron chi connectivity index (χ4n) is 2.79. The fraction of sp³-hybridized carbons (Fsp3) is 0.381. The largest absolute Gasteiger partial charge is 0.497 e. The van der Waals surface area contributed by atoms with Crippen molar-refractivity contribution in [2.45, 2.75) is 19.3 Å². The van der Waals surface area contributed by atoms with E-state index in [-0.39, 0.29) is 5.91 Å². The molecule has 1 aliphatic rings. The number of amides is 1. The molecule has 0 radical (unpaired) electrons. The predicted molar refractivity (Wildman–Crippen MR) is 102 cm³/mol. The number of fused-ring (bicyclic) bond motifs is 1. The highest BCUT2D eigenvalue weighted by Gasteiger charge is 2.30. The van der Waals surface area contributed by atoms with Crippen LogP contribution in [0.5, 0.6) is 23.0 Å². The van der Waals surface area contributed by atoms with Gasteiger partial charge in [-0.2, -0.15) is 0 Å². The zero-order chi connectivity index (χ0) is 19.3. The highest BCUT2D eigenvalue weighted by atomic mass is 16.6. The predicted octanol–water partition coefficient (Wildman–Crippen LogP) is 2.94. The summed E-state index contributed by atoms with van der Waals surface area (Å²) in [6.45, 7) is 5.64. The van der Waals surface area contributed by atoms with E-state index in [2.05, 4.69) is 5.32 Å². The summed E-state index contributed by atoms with van der Waals surface area (Å²) in [5.41, 5.74) is 0.177. The number of methoxy groups -OCH3 is 1. The standard InChI is InChI=1S/C21H25NO5/c1-21(2,15-4-9-18-19(14-15)27-13-12-26-18)20(23)22-10-11-25-17-7-5-16(24-3)6-8-17/h4-9,14H,10-13H2,1-3H3,(H,22,23). The second kappa shape index (κ2) is 8.20. The third-order valence-corrected chi connectivity index (χ3v) is 4.55. The maximum Gasteiger partial charge on any atom is 0.230 e. The molecule has 2 aromatic rings. The number of ether oxygens (including phenoxy) is 4. The van der Waals surface area contributed by atoms with E-state index in [4.69, 9.17) is 18.9 Å². The van der Waals surface area contributed by atoms with Crippen molar-refractivity contribution < 1.29 is 23.7 Å². The molecule has 0 bridgehead atoms. The van der Waals surface area contributed by atoms with Gasteiger partial charge in [-0.05, 0) is 55.8 Å². The molecule has 1 amide bonds. The molecule has 27 heavy (non-hydrogen) atoms. The van der Waals surface area contributed by atoms with Crippen LogP contribution in [0.1, 0.15) is 19.4 Å². The van der Waals surface area contributed by atoms with Gasteiger partial charge in [0.25, 0.3) is 0 Å². The fourth-order valence-corrected chi connectivity index (χ4v) is 2.79. The van der Waals surface area contributed by atoms with Gasteiger partial charge < -0.3 is 24.3 Å².